The van der Waals surface area contributed by atoms with Gasteiger partial charge in [0.2, 0.25) is 11.8 Å². The van der Waals surface area contributed by atoms with Crippen LogP contribution in [0.25, 0.3) is 0 Å². The van der Waals surface area contributed by atoms with E-state index in [-0.39, 0.29) is 30.6 Å². The predicted octanol–water partition coefficient (Wildman–Crippen LogP) is 1.05. The molecule has 1 aliphatic carbocycles. The fourth-order valence-electron chi connectivity index (χ4n) is 2.49. The quantitative estimate of drug-likeness (QED) is 0.651. The molecule has 0 aromatic rings. The van der Waals surface area contributed by atoms with Crippen LogP contribution < -0.4 is 10.6 Å². The second kappa shape index (κ2) is 7.26. The van der Waals surface area contributed by atoms with Gasteiger partial charge in [0.15, 0.2) is 0 Å². The highest BCUT2D eigenvalue weighted by molar-refractivity contribution is 5.81. The maximum absolute atomic E-state index is 11.7. The molecule has 0 heterocycles. The Labute approximate surface area is 119 Å². The van der Waals surface area contributed by atoms with Crippen LogP contribution in [0.4, 0.5) is 0 Å². The Morgan fingerprint density at radius 3 is 2.35 bits per heavy atom. The number of nitrogens with one attached hydrogen (secondary N) is 2. The molecule has 1 aliphatic rings. The number of carboxylic acids is 1. The van der Waals surface area contributed by atoms with Crippen LogP contribution >= 0.6 is 0 Å². The number of amides is 2. The lowest BCUT2D eigenvalue weighted by atomic mass is 10.0. The fraction of sp³-hybridized carbons (Fsp3) is 0.786. The number of aliphatic carboxylic acids is 1. The summed E-state index contributed by atoms with van der Waals surface area (Å²) >= 11 is 0. The first-order chi connectivity index (χ1) is 9.30. The molecule has 1 rings (SSSR count). The largest absolute Gasteiger partial charge is 0.481 e. The molecular weight excluding hydrogens is 260 g/mol. The molecule has 0 spiro atoms. The molecule has 0 aromatic carbocycles. The second-order valence-corrected chi connectivity index (χ2v) is 6.02. The van der Waals surface area contributed by atoms with Gasteiger partial charge in [-0.3, -0.25) is 14.4 Å². The molecule has 1 saturated carbocycles. The molecule has 0 atom stereocenters. The maximum Gasteiger partial charge on any atom is 0.305 e. The van der Waals surface area contributed by atoms with Gasteiger partial charge in [0, 0.05) is 24.4 Å². The summed E-state index contributed by atoms with van der Waals surface area (Å²) in [6.45, 7) is 3.62. The summed E-state index contributed by atoms with van der Waals surface area (Å²) in [5.41, 5.74) is -0.779. The lowest BCUT2D eigenvalue weighted by molar-refractivity contribution is -0.138. The van der Waals surface area contributed by atoms with E-state index in [4.69, 9.17) is 5.11 Å². The molecular formula is C14H24N2O4. The van der Waals surface area contributed by atoms with Gasteiger partial charge >= 0.3 is 5.97 Å². The SMILES string of the molecule is CC(C)(CC(=O)O)NC(=O)CCNC(=O)C1CCCC1. The van der Waals surface area contributed by atoms with Gasteiger partial charge in [0.25, 0.3) is 0 Å². The number of carbonyl (C=O) groups excluding carboxylic acids is 2. The molecule has 0 unspecified atom stereocenters. The summed E-state index contributed by atoms with van der Waals surface area (Å²) in [6.07, 6.45) is 4.10. The minimum absolute atomic E-state index is 0.0279. The van der Waals surface area contributed by atoms with Crippen molar-refractivity contribution in [2.24, 2.45) is 5.92 Å². The molecule has 0 saturated heterocycles. The average Bonchev–Trinajstić information content (AvgIpc) is 2.78. The topological polar surface area (TPSA) is 95.5 Å². The monoisotopic (exact) mass is 284 g/mol. The van der Waals surface area contributed by atoms with E-state index < -0.39 is 11.5 Å². The van der Waals surface area contributed by atoms with Crippen molar-refractivity contribution in [3.05, 3.63) is 0 Å². The molecule has 6 heteroatoms. The smallest absolute Gasteiger partial charge is 0.305 e. The Balaban J connectivity index is 2.22. The molecule has 0 radical (unpaired) electrons. The second-order valence-electron chi connectivity index (χ2n) is 6.02. The van der Waals surface area contributed by atoms with Crippen LogP contribution in [0.15, 0.2) is 0 Å². The molecule has 0 aliphatic heterocycles. The van der Waals surface area contributed by atoms with Crippen LogP contribution in [0.2, 0.25) is 0 Å². The molecule has 1 fully saturated rings. The summed E-state index contributed by atoms with van der Waals surface area (Å²) in [5.74, 6) is -1.07. The molecule has 114 valence electrons. The third kappa shape index (κ3) is 6.04. The Morgan fingerprint density at radius 1 is 1.20 bits per heavy atom. The van der Waals surface area contributed by atoms with E-state index in [1.165, 1.54) is 0 Å². The van der Waals surface area contributed by atoms with Crippen molar-refractivity contribution < 1.29 is 19.5 Å². The van der Waals surface area contributed by atoms with Crippen LogP contribution in [0, 0.1) is 5.92 Å². The minimum atomic E-state index is -0.954. The minimum Gasteiger partial charge on any atom is -0.481 e. The van der Waals surface area contributed by atoms with Crippen molar-refractivity contribution in [3.63, 3.8) is 0 Å². The summed E-state index contributed by atoms with van der Waals surface area (Å²) in [7, 11) is 0. The van der Waals surface area contributed by atoms with Crippen molar-refractivity contribution in [3.8, 4) is 0 Å². The van der Waals surface area contributed by atoms with Gasteiger partial charge in [-0.25, -0.2) is 0 Å². The first-order valence-corrected chi connectivity index (χ1v) is 7.11. The summed E-state index contributed by atoms with van der Waals surface area (Å²) in [5, 5.41) is 14.1. The molecule has 2 amide bonds. The third-order valence-electron chi connectivity index (χ3n) is 3.45. The number of hydrogen-bond donors (Lipinski definition) is 3. The van der Waals surface area contributed by atoms with E-state index in [0.29, 0.717) is 6.54 Å². The van der Waals surface area contributed by atoms with Crippen LogP contribution in [0.5, 0.6) is 0 Å². The van der Waals surface area contributed by atoms with Crippen LogP contribution in [-0.4, -0.2) is 35.0 Å². The van der Waals surface area contributed by atoms with Crippen LogP contribution in [0.3, 0.4) is 0 Å². The van der Waals surface area contributed by atoms with Gasteiger partial charge < -0.3 is 15.7 Å². The standard InChI is InChI=1S/C14H24N2O4/c1-14(2,9-12(18)19)16-11(17)7-8-15-13(20)10-5-3-4-6-10/h10H,3-9H2,1-2H3,(H,15,20)(H,16,17)(H,18,19). The molecule has 0 bridgehead atoms. The normalized spacial score (nSPS) is 15.9. The van der Waals surface area contributed by atoms with Gasteiger partial charge in [0.1, 0.15) is 0 Å². The number of hydrogen-bond acceptors (Lipinski definition) is 3. The zero-order valence-electron chi connectivity index (χ0n) is 12.2. The summed E-state index contributed by atoms with van der Waals surface area (Å²) in [4.78, 5) is 34.1. The van der Waals surface area contributed by atoms with Gasteiger partial charge in [-0.05, 0) is 26.7 Å². The highest BCUT2D eigenvalue weighted by Gasteiger charge is 2.24. The van der Waals surface area contributed by atoms with E-state index in [9.17, 15) is 14.4 Å². The van der Waals surface area contributed by atoms with Gasteiger partial charge in [0.05, 0.1) is 6.42 Å². The van der Waals surface area contributed by atoms with Crippen molar-refractivity contribution in [2.45, 2.75) is 57.9 Å². The van der Waals surface area contributed by atoms with E-state index in [2.05, 4.69) is 10.6 Å². The van der Waals surface area contributed by atoms with E-state index in [1.807, 2.05) is 0 Å². The van der Waals surface area contributed by atoms with Crippen molar-refractivity contribution in [2.75, 3.05) is 6.54 Å². The van der Waals surface area contributed by atoms with E-state index >= 15 is 0 Å². The third-order valence-corrected chi connectivity index (χ3v) is 3.45. The average molecular weight is 284 g/mol. The number of carboxylic acid groups (broad SMARTS) is 1. The van der Waals surface area contributed by atoms with Gasteiger partial charge in [-0.2, -0.15) is 0 Å². The highest BCUT2D eigenvalue weighted by Crippen LogP contribution is 2.24. The lowest BCUT2D eigenvalue weighted by Crippen LogP contribution is -2.46. The van der Waals surface area contributed by atoms with E-state index in [0.717, 1.165) is 25.7 Å². The number of carbonyl (C=O) groups is 3. The Bertz CT molecular complexity index is 373. The molecule has 20 heavy (non-hydrogen) atoms. The predicted molar refractivity (Wildman–Crippen MR) is 74.1 cm³/mol. The highest BCUT2D eigenvalue weighted by atomic mass is 16.4. The van der Waals surface area contributed by atoms with Crippen molar-refractivity contribution in [1.82, 2.24) is 10.6 Å². The Kier molecular flexibility index (Phi) is 5.98. The van der Waals surface area contributed by atoms with Gasteiger partial charge in [-0.1, -0.05) is 12.8 Å². The molecule has 6 nitrogen and oxygen atoms in total. The van der Waals surface area contributed by atoms with Crippen LogP contribution in [-0.2, 0) is 14.4 Å². The lowest BCUT2D eigenvalue weighted by Gasteiger charge is -2.24. The zero-order chi connectivity index (χ0) is 15.2. The van der Waals surface area contributed by atoms with Gasteiger partial charge in [-0.15, -0.1) is 0 Å². The first-order valence-electron chi connectivity index (χ1n) is 7.11. The first kappa shape index (κ1) is 16.5. The summed E-state index contributed by atoms with van der Waals surface area (Å²) in [6, 6.07) is 0. The molecule has 0 aromatic heterocycles. The zero-order valence-corrected chi connectivity index (χ0v) is 12.2. The number of rotatable bonds is 7. The van der Waals surface area contributed by atoms with E-state index in [1.54, 1.807) is 13.8 Å². The summed E-state index contributed by atoms with van der Waals surface area (Å²) < 4.78 is 0. The maximum atomic E-state index is 11.7. The van der Waals surface area contributed by atoms with Crippen LogP contribution in [0.1, 0.15) is 52.4 Å². The Morgan fingerprint density at radius 2 is 1.80 bits per heavy atom. The van der Waals surface area contributed by atoms with Crippen molar-refractivity contribution in [1.29, 1.82) is 0 Å². The fourth-order valence-corrected chi connectivity index (χ4v) is 2.49. The van der Waals surface area contributed by atoms with Crippen molar-refractivity contribution >= 4 is 17.8 Å². The Hall–Kier alpha value is -1.59. The molecule has 3 N–H and O–H groups in total.